The van der Waals surface area contributed by atoms with Gasteiger partial charge in [-0.05, 0) is 32.1 Å². The summed E-state index contributed by atoms with van der Waals surface area (Å²) in [4.78, 5) is 24.9. The predicted molar refractivity (Wildman–Crippen MR) is 137 cm³/mol. The highest BCUT2D eigenvalue weighted by Crippen LogP contribution is 2.28. The van der Waals surface area contributed by atoms with Crippen LogP contribution < -0.4 is 11.2 Å². The van der Waals surface area contributed by atoms with Gasteiger partial charge in [-0.2, -0.15) is 4.39 Å². The van der Waals surface area contributed by atoms with E-state index in [-0.39, 0.29) is 6.61 Å². The quantitative estimate of drug-likeness (QED) is 0.188. The molecule has 0 unspecified atom stereocenters. The third-order valence-corrected chi connectivity index (χ3v) is 6.62. The second-order valence-electron chi connectivity index (χ2n) is 9.70. The van der Waals surface area contributed by atoms with Crippen molar-refractivity contribution < 1.29 is 24.1 Å². The molecule has 0 aliphatic carbocycles. The van der Waals surface area contributed by atoms with Crippen molar-refractivity contribution in [3.05, 3.63) is 45.0 Å². The smallest absolute Gasteiger partial charge is 0.330 e. The summed E-state index contributed by atoms with van der Waals surface area (Å²) in [6.45, 7) is 2.79. The van der Waals surface area contributed by atoms with Crippen LogP contribution in [0.2, 0.25) is 0 Å². The Bertz CT molecular complexity index is 871. The van der Waals surface area contributed by atoms with Crippen LogP contribution in [-0.4, -0.2) is 51.3 Å². The average Bonchev–Trinajstić information content (AvgIpc) is 3.14. The highest BCUT2D eigenvalue weighted by Gasteiger charge is 2.44. The Kier molecular flexibility index (Phi) is 14.9. The van der Waals surface area contributed by atoms with E-state index in [0.29, 0.717) is 12.8 Å². The third-order valence-electron chi connectivity index (χ3n) is 6.62. The molecule has 0 saturated carbocycles. The third kappa shape index (κ3) is 10.7. The van der Waals surface area contributed by atoms with Gasteiger partial charge in [-0.25, -0.2) is 4.79 Å². The van der Waals surface area contributed by atoms with E-state index in [1.165, 1.54) is 64.2 Å². The van der Waals surface area contributed by atoms with Crippen LogP contribution in [0.1, 0.15) is 103 Å². The minimum atomic E-state index is -1.45. The van der Waals surface area contributed by atoms with E-state index in [1.54, 1.807) is 0 Å². The van der Waals surface area contributed by atoms with Crippen molar-refractivity contribution in [2.24, 2.45) is 0 Å². The zero-order valence-corrected chi connectivity index (χ0v) is 21.7. The predicted octanol–water partition coefficient (Wildman–Crippen LogP) is 4.35. The molecule has 0 bridgehead atoms. The van der Waals surface area contributed by atoms with Crippen LogP contribution >= 0.6 is 0 Å². The Morgan fingerprint density at radius 3 is 2.17 bits per heavy atom. The Morgan fingerprint density at radius 2 is 1.53 bits per heavy atom. The summed E-state index contributed by atoms with van der Waals surface area (Å²) >= 11 is 0. The second-order valence-corrected chi connectivity index (χ2v) is 9.70. The van der Waals surface area contributed by atoms with Gasteiger partial charge in [0.1, 0.15) is 18.3 Å². The molecule has 1 aromatic rings. The van der Waals surface area contributed by atoms with Crippen LogP contribution in [0, 0.1) is 5.82 Å². The normalized spacial score (nSPS) is 22.1. The van der Waals surface area contributed by atoms with E-state index in [2.05, 4.69) is 19.1 Å². The average molecular weight is 513 g/mol. The van der Waals surface area contributed by atoms with Crippen molar-refractivity contribution in [1.82, 2.24) is 9.55 Å². The molecule has 206 valence electrons. The Morgan fingerprint density at radius 1 is 0.944 bits per heavy atom. The summed E-state index contributed by atoms with van der Waals surface area (Å²) in [6.07, 6.45) is 17.6. The van der Waals surface area contributed by atoms with Crippen molar-refractivity contribution in [2.75, 3.05) is 13.2 Å². The molecule has 2 rings (SSSR count). The number of aromatic amines is 1. The van der Waals surface area contributed by atoms with Crippen LogP contribution in [0.15, 0.2) is 27.9 Å². The zero-order valence-electron chi connectivity index (χ0n) is 21.7. The summed E-state index contributed by atoms with van der Waals surface area (Å²) in [5, 5.41) is 20.4. The molecule has 0 radical (unpaired) electrons. The van der Waals surface area contributed by atoms with Crippen LogP contribution in [0.25, 0.3) is 0 Å². The number of hydrogen-bond donors (Lipinski definition) is 3. The van der Waals surface area contributed by atoms with Crippen LogP contribution in [-0.2, 0) is 9.47 Å². The Hall–Kier alpha value is -1.81. The lowest BCUT2D eigenvalue weighted by Crippen LogP contribution is -2.38. The molecule has 1 aliphatic rings. The molecule has 1 saturated heterocycles. The van der Waals surface area contributed by atoms with Gasteiger partial charge in [0.2, 0.25) is 5.82 Å². The molecule has 1 aromatic heterocycles. The molecule has 0 amide bonds. The minimum Gasteiger partial charge on any atom is -0.387 e. The summed E-state index contributed by atoms with van der Waals surface area (Å²) in [5.41, 5.74) is -2.08. The zero-order chi connectivity index (χ0) is 26.2. The fraction of sp³-hybridized carbons (Fsp3) is 0.778. The van der Waals surface area contributed by atoms with Crippen LogP contribution in [0.5, 0.6) is 0 Å². The molecule has 0 spiro atoms. The molecule has 9 heteroatoms. The molecular weight excluding hydrogens is 467 g/mol. The van der Waals surface area contributed by atoms with E-state index < -0.39 is 41.6 Å². The van der Waals surface area contributed by atoms with E-state index in [4.69, 9.17) is 9.47 Å². The molecule has 4 atom stereocenters. The van der Waals surface area contributed by atoms with Crippen LogP contribution in [0.4, 0.5) is 4.39 Å². The van der Waals surface area contributed by atoms with E-state index in [0.717, 1.165) is 30.3 Å². The lowest BCUT2D eigenvalue weighted by atomic mass is 10.1. The number of halogens is 1. The van der Waals surface area contributed by atoms with Crippen molar-refractivity contribution in [2.45, 2.75) is 121 Å². The molecule has 3 N–H and O–H groups in total. The van der Waals surface area contributed by atoms with Crippen molar-refractivity contribution in [3.63, 3.8) is 0 Å². The topological polar surface area (TPSA) is 114 Å². The molecule has 1 fully saturated rings. The molecule has 2 heterocycles. The number of ether oxygens (including phenoxy) is 2. The lowest BCUT2D eigenvalue weighted by molar-refractivity contribution is -0.0689. The summed E-state index contributed by atoms with van der Waals surface area (Å²) < 4.78 is 25.4. The first-order valence-electron chi connectivity index (χ1n) is 13.7. The van der Waals surface area contributed by atoms with Gasteiger partial charge in [-0.15, -0.1) is 0 Å². The first-order chi connectivity index (χ1) is 17.5. The summed E-state index contributed by atoms with van der Waals surface area (Å²) in [5.74, 6) is -1.18. The standard InChI is InChI=1S/C27H45FN2O6/c1-2-3-4-5-6-7-8-9-10-11-12-13-14-15-16-17-18-35-20-22-23(31)24(32)26(36-22)30-19-21(28)25(33)29-27(30)34/h9-10,19,22-24,26,31-32H,2-8,11-18,20H2,1H3,(H,29,33,34)/b10-9-/t22-,23-,24-,26-/m1/s1. The monoisotopic (exact) mass is 512 g/mol. The van der Waals surface area contributed by atoms with Gasteiger partial charge in [0, 0.05) is 6.61 Å². The largest absolute Gasteiger partial charge is 0.387 e. The van der Waals surface area contributed by atoms with Gasteiger partial charge >= 0.3 is 5.69 Å². The number of aliphatic hydroxyl groups excluding tert-OH is 2. The van der Waals surface area contributed by atoms with Gasteiger partial charge < -0.3 is 19.7 Å². The maximum Gasteiger partial charge on any atom is 0.330 e. The molecule has 36 heavy (non-hydrogen) atoms. The van der Waals surface area contributed by atoms with E-state index >= 15 is 0 Å². The van der Waals surface area contributed by atoms with Crippen molar-refractivity contribution >= 4 is 0 Å². The van der Waals surface area contributed by atoms with E-state index in [9.17, 15) is 24.2 Å². The maximum absolute atomic E-state index is 13.5. The summed E-state index contributed by atoms with van der Waals surface area (Å²) in [7, 11) is 0. The summed E-state index contributed by atoms with van der Waals surface area (Å²) in [6, 6.07) is 0. The van der Waals surface area contributed by atoms with Gasteiger partial charge in [0.15, 0.2) is 6.23 Å². The lowest BCUT2D eigenvalue weighted by Gasteiger charge is -2.16. The van der Waals surface area contributed by atoms with Gasteiger partial charge in [-0.3, -0.25) is 14.3 Å². The number of aliphatic hydroxyl groups is 2. The fourth-order valence-electron chi connectivity index (χ4n) is 4.40. The molecular formula is C27H45FN2O6. The number of aromatic nitrogens is 2. The number of hydrogen-bond acceptors (Lipinski definition) is 6. The van der Waals surface area contributed by atoms with Gasteiger partial charge in [-0.1, -0.05) is 76.9 Å². The SMILES string of the molecule is CCCCCCCC/C=C\CCCCCCCCOC[C@H]1O[C@@H](n2cc(F)c(=O)[nH]c2=O)[C@H](O)[C@@H]1O. The molecule has 1 aliphatic heterocycles. The molecule has 8 nitrogen and oxygen atoms in total. The van der Waals surface area contributed by atoms with Gasteiger partial charge in [0.05, 0.1) is 12.8 Å². The minimum absolute atomic E-state index is 0.0421. The number of nitrogens with one attached hydrogen (secondary N) is 1. The highest BCUT2D eigenvalue weighted by atomic mass is 19.1. The van der Waals surface area contributed by atoms with Crippen molar-refractivity contribution in [3.8, 4) is 0 Å². The second kappa shape index (κ2) is 17.6. The first-order valence-corrected chi connectivity index (χ1v) is 13.7. The van der Waals surface area contributed by atoms with Crippen molar-refractivity contribution in [1.29, 1.82) is 0 Å². The number of rotatable bonds is 19. The maximum atomic E-state index is 13.5. The first kappa shape index (κ1) is 30.4. The molecule has 0 aromatic carbocycles. The number of allylic oxidation sites excluding steroid dienone is 2. The van der Waals surface area contributed by atoms with Crippen LogP contribution in [0.3, 0.4) is 0 Å². The fourth-order valence-corrected chi connectivity index (χ4v) is 4.40. The number of unbranched alkanes of at least 4 members (excludes halogenated alkanes) is 12. The van der Waals surface area contributed by atoms with E-state index in [1.807, 2.05) is 4.98 Å². The number of H-pyrrole nitrogens is 1. The number of nitrogens with zero attached hydrogens (tertiary/aromatic N) is 1. The Labute approximate surface area is 213 Å². The van der Waals surface area contributed by atoms with Gasteiger partial charge in [0.25, 0.3) is 5.56 Å². The Balaban J connectivity index is 1.47. The highest BCUT2D eigenvalue weighted by molar-refractivity contribution is 4.94.